The topological polar surface area (TPSA) is 43.1 Å². The second-order valence-electron chi connectivity index (χ2n) is 5.07. The van der Waals surface area contributed by atoms with Crippen LogP contribution in [0.15, 0.2) is 34.5 Å². The van der Waals surface area contributed by atoms with Gasteiger partial charge in [0, 0.05) is 5.56 Å². The fourth-order valence-corrected chi connectivity index (χ4v) is 3.82. The molecule has 4 nitrogen and oxygen atoms in total. The zero-order valence-corrected chi connectivity index (χ0v) is 11.6. The van der Waals surface area contributed by atoms with Gasteiger partial charge in [0.1, 0.15) is 5.82 Å². The van der Waals surface area contributed by atoms with Gasteiger partial charge in [-0.3, -0.25) is 0 Å². The molecule has 1 saturated carbocycles. The van der Waals surface area contributed by atoms with Gasteiger partial charge in [0.15, 0.2) is 5.82 Å². The number of fused-ring (bicyclic) bond motifs is 2. The Balaban J connectivity index is 1.78. The molecule has 1 aliphatic carbocycles. The highest BCUT2D eigenvalue weighted by atomic mass is 32.2. The summed E-state index contributed by atoms with van der Waals surface area (Å²) >= 11 is 1.74. The third-order valence-corrected chi connectivity index (χ3v) is 4.97. The zero-order valence-electron chi connectivity index (χ0n) is 10.8. The predicted octanol–water partition coefficient (Wildman–Crippen LogP) is 3.34. The van der Waals surface area contributed by atoms with Gasteiger partial charge in [0.25, 0.3) is 0 Å². The van der Waals surface area contributed by atoms with E-state index >= 15 is 0 Å². The fraction of sp³-hybridized carbons (Fsp3) is 0.357. The van der Waals surface area contributed by atoms with Crippen molar-refractivity contribution in [2.24, 2.45) is 5.10 Å². The molecule has 20 heavy (non-hydrogen) atoms. The van der Waals surface area contributed by atoms with E-state index < -0.39 is 0 Å². The molecule has 0 saturated heterocycles. The van der Waals surface area contributed by atoms with Crippen molar-refractivity contribution < 1.29 is 4.39 Å². The summed E-state index contributed by atoms with van der Waals surface area (Å²) in [6.07, 6.45) is 4.69. The first-order valence-electron chi connectivity index (χ1n) is 6.77. The molecule has 0 radical (unpaired) electrons. The molecule has 2 heterocycles. The van der Waals surface area contributed by atoms with E-state index in [0.717, 1.165) is 17.1 Å². The molecule has 1 atom stereocenters. The van der Waals surface area contributed by atoms with Crippen LogP contribution in [-0.2, 0) is 0 Å². The maximum absolute atomic E-state index is 13.0. The van der Waals surface area contributed by atoms with Crippen LogP contribution < -0.4 is 0 Å². The maximum Gasteiger partial charge on any atom is 0.213 e. The van der Waals surface area contributed by atoms with E-state index in [1.54, 1.807) is 28.6 Å². The van der Waals surface area contributed by atoms with E-state index in [1.165, 1.54) is 37.1 Å². The molecular formula is C14H13FN4S. The molecule has 1 aliphatic heterocycles. The Kier molecular flexibility index (Phi) is 2.84. The van der Waals surface area contributed by atoms with Crippen molar-refractivity contribution in [3.8, 4) is 11.4 Å². The lowest BCUT2D eigenvalue weighted by Crippen LogP contribution is -2.26. The first kappa shape index (κ1) is 12.1. The summed E-state index contributed by atoms with van der Waals surface area (Å²) < 4.78 is 14.8. The Hall–Kier alpha value is -1.69. The first-order chi connectivity index (χ1) is 9.81. The maximum atomic E-state index is 13.0. The molecule has 1 fully saturated rings. The van der Waals surface area contributed by atoms with Crippen LogP contribution in [0.2, 0.25) is 0 Å². The molecule has 0 N–H and O–H groups in total. The van der Waals surface area contributed by atoms with E-state index in [4.69, 9.17) is 5.10 Å². The monoisotopic (exact) mass is 288 g/mol. The van der Waals surface area contributed by atoms with E-state index in [2.05, 4.69) is 10.2 Å². The number of halogens is 1. The van der Waals surface area contributed by atoms with Gasteiger partial charge in [0.05, 0.1) is 11.0 Å². The van der Waals surface area contributed by atoms with Gasteiger partial charge < -0.3 is 0 Å². The number of nitrogens with zero attached hydrogens (tertiary/aromatic N) is 4. The summed E-state index contributed by atoms with van der Waals surface area (Å²) in [6.45, 7) is 0. The summed E-state index contributed by atoms with van der Waals surface area (Å²) in [5.41, 5.74) is 2.07. The SMILES string of the molecule is Fc1ccc(-c2nnc3n2N=C2CCCC[C@H]2S3)cc1. The van der Waals surface area contributed by atoms with Crippen molar-refractivity contribution in [3.63, 3.8) is 0 Å². The molecule has 1 aromatic heterocycles. The summed E-state index contributed by atoms with van der Waals surface area (Å²) in [7, 11) is 0. The van der Waals surface area contributed by atoms with Crippen molar-refractivity contribution in [1.82, 2.24) is 14.9 Å². The Morgan fingerprint density at radius 1 is 1.15 bits per heavy atom. The van der Waals surface area contributed by atoms with Crippen LogP contribution in [0.5, 0.6) is 0 Å². The van der Waals surface area contributed by atoms with Crippen LogP contribution in [0.25, 0.3) is 11.4 Å². The second-order valence-corrected chi connectivity index (χ2v) is 6.24. The molecule has 4 rings (SSSR count). The highest BCUT2D eigenvalue weighted by Crippen LogP contribution is 2.36. The smallest absolute Gasteiger partial charge is 0.207 e. The van der Waals surface area contributed by atoms with Crippen LogP contribution in [-0.4, -0.2) is 25.8 Å². The van der Waals surface area contributed by atoms with Gasteiger partial charge in [-0.05, 0) is 43.5 Å². The minimum absolute atomic E-state index is 0.250. The van der Waals surface area contributed by atoms with Gasteiger partial charge in [-0.15, -0.1) is 10.2 Å². The number of hydrogen-bond donors (Lipinski definition) is 0. The van der Waals surface area contributed by atoms with Crippen LogP contribution in [0.1, 0.15) is 25.7 Å². The molecule has 6 heteroatoms. The Morgan fingerprint density at radius 3 is 2.85 bits per heavy atom. The lowest BCUT2D eigenvalue weighted by Gasteiger charge is -2.26. The predicted molar refractivity (Wildman–Crippen MR) is 76.4 cm³/mol. The lowest BCUT2D eigenvalue weighted by molar-refractivity contribution is 0.627. The van der Waals surface area contributed by atoms with Crippen LogP contribution in [0.4, 0.5) is 4.39 Å². The van der Waals surface area contributed by atoms with E-state index in [-0.39, 0.29) is 5.82 Å². The third-order valence-electron chi connectivity index (χ3n) is 3.71. The zero-order chi connectivity index (χ0) is 13.5. The van der Waals surface area contributed by atoms with Crippen molar-refractivity contribution in [1.29, 1.82) is 0 Å². The van der Waals surface area contributed by atoms with Gasteiger partial charge in [0.2, 0.25) is 5.16 Å². The number of hydrogen-bond acceptors (Lipinski definition) is 4. The standard InChI is InChI=1S/C14H13FN4S/c15-10-7-5-9(6-8-10)13-16-17-14-19(13)18-11-3-1-2-4-12(11)20-14/h5-8,12H,1-4H2/t12-/m1/s1. The summed E-state index contributed by atoms with van der Waals surface area (Å²) in [5.74, 6) is 0.434. The van der Waals surface area contributed by atoms with Crippen molar-refractivity contribution in [2.45, 2.75) is 36.1 Å². The van der Waals surface area contributed by atoms with Gasteiger partial charge in [-0.2, -0.15) is 9.78 Å². The van der Waals surface area contributed by atoms with Gasteiger partial charge >= 0.3 is 0 Å². The fourth-order valence-electron chi connectivity index (χ4n) is 2.67. The minimum Gasteiger partial charge on any atom is -0.207 e. The highest BCUT2D eigenvalue weighted by molar-refractivity contribution is 8.00. The van der Waals surface area contributed by atoms with Crippen LogP contribution in [0.3, 0.4) is 0 Å². The quantitative estimate of drug-likeness (QED) is 0.808. The van der Waals surface area contributed by atoms with Gasteiger partial charge in [-0.25, -0.2) is 4.39 Å². The van der Waals surface area contributed by atoms with E-state index in [9.17, 15) is 4.39 Å². The summed E-state index contributed by atoms with van der Waals surface area (Å²) in [5, 5.41) is 14.5. The van der Waals surface area contributed by atoms with Crippen molar-refractivity contribution >= 4 is 17.5 Å². The average Bonchev–Trinajstić information content (AvgIpc) is 2.88. The Morgan fingerprint density at radius 2 is 2.00 bits per heavy atom. The molecule has 2 aliphatic rings. The van der Waals surface area contributed by atoms with Gasteiger partial charge in [-0.1, -0.05) is 18.2 Å². The first-order valence-corrected chi connectivity index (χ1v) is 7.65. The number of thioether (sulfide) groups is 1. The summed E-state index contributed by atoms with van der Waals surface area (Å²) in [6, 6.07) is 6.29. The summed E-state index contributed by atoms with van der Waals surface area (Å²) in [4.78, 5) is 0. The largest absolute Gasteiger partial charge is 0.213 e. The molecule has 0 spiro atoms. The molecule has 0 amide bonds. The third kappa shape index (κ3) is 1.95. The van der Waals surface area contributed by atoms with Crippen molar-refractivity contribution in [3.05, 3.63) is 30.1 Å². The van der Waals surface area contributed by atoms with Crippen molar-refractivity contribution in [2.75, 3.05) is 0 Å². The second kappa shape index (κ2) is 4.70. The highest BCUT2D eigenvalue weighted by Gasteiger charge is 2.29. The molecule has 0 unspecified atom stereocenters. The number of benzene rings is 1. The van der Waals surface area contributed by atoms with Crippen LogP contribution in [0, 0.1) is 5.82 Å². The molecule has 102 valence electrons. The molecule has 1 aromatic carbocycles. The van der Waals surface area contributed by atoms with Crippen LogP contribution >= 0.6 is 11.8 Å². The van der Waals surface area contributed by atoms with E-state index in [0.29, 0.717) is 11.1 Å². The number of aromatic nitrogens is 3. The Bertz CT molecular complexity index is 677. The average molecular weight is 288 g/mol. The number of rotatable bonds is 1. The molecule has 2 aromatic rings. The minimum atomic E-state index is -0.250. The molecular weight excluding hydrogens is 275 g/mol. The lowest BCUT2D eigenvalue weighted by atomic mass is 9.98. The molecule has 0 bridgehead atoms. The Labute approximate surface area is 120 Å². The van der Waals surface area contributed by atoms with E-state index in [1.807, 2.05) is 0 Å². The normalized spacial score (nSPS) is 21.1.